The highest BCUT2D eigenvalue weighted by Crippen LogP contribution is 2.36. The number of amides is 1. The maximum atomic E-state index is 11.9. The lowest BCUT2D eigenvalue weighted by Crippen LogP contribution is -2.42. The van der Waals surface area contributed by atoms with Gasteiger partial charge in [0.05, 0.1) is 0 Å². The van der Waals surface area contributed by atoms with Gasteiger partial charge in [-0.3, -0.25) is 9.67 Å². The van der Waals surface area contributed by atoms with Gasteiger partial charge in [0.25, 0.3) is 0 Å². The second-order valence-corrected chi connectivity index (χ2v) is 7.92. The van der Waals surface area contributed by atoms with E-state index in [4.69, 9.17) is 4.74 Å². The summed E-state index contributed by atoms with van der Waals surface area (Å²) >= 11 is 0. The Bertz CT molecular complexity index is 866. The van der Waals surface area contributed by atoms with Crippen LogP contribution in [-0.4, -0.2) is 37.5 Å². The average Bonchev–Trinajstić information content (AvgIpc) is 3.19. The molecule has 0 spiro atoms. The van der Waals surface area contributed by atoms with Gasteiger partial charge in [-0.15, -0.1) is 0 Å². The molecule has 27 heavy (non-hydrogen) atoms. The quantitative estimate of drug-likeness (QED) is 0.757. The molecular weight excluding hydrogens is 348 g/mol. The number of nitrogens with one attached hydrogen (secondary N) is 3. The third kappa shape index (κ3) is 4.87. The largest absolute Gasteiger partial charge is 0.446 e. The number of carbonyl (C=O) groups is 1. The van der Waals surface area contributed by atoms with Crippen LogP contribution < -0.4 is 16.3 Å². The average molecular weight is 374 g/mol. The Morgan fingerprint density at radius 2 is 2.15 bits per heavy atom. The second-order valence-electron chi connectivity index (χ2n) is 7.92. The van der Waals surface area contributed by atoms with Crippen LogP contribution in [0, 0.1) is 0 Å². The van der Waals surface area contributed by atoms with Crippen molar-refractivity contribution in [3.63, 3.8) is 0 Å². The number of H-pyrrole nitrogens is 1. The molecule has 2 atom stereocenters. The first-order chi connectivity index (χ1) is 12.7. The molecule has 1 fully saturated rings. The fraction of sp³-hybridized carbons (Fsp3) is 0.556. The topological polar surface area (TPSA) is 114 Å². The van der Waals surface area contributed by atoms with E-state index in [9.17, 15) is 9.59 Å². The predicted octanol–water partition coefficient (Wildman–Crippen LogP) is 2.41. The molecule has 0 saturated heterocycles. The first kappa shape index (κ1) is 18.9. The first-order valence-electron chi connectivity index (χ1n) is 9.04. The summed E-state index contributed by atoms with van der Waals surface area (Å²) in [5.74, 6) is 1.49. The summed E-state index contributed by atoms with van der Waals surface area (Å²) in [6.07, 6.45) is 3.48. The van der Waals surface area contributed by atoms with Crippen LogP contribution in [0.1, 0.15) is 51.6 Å². The number of hydrogen-bond donors (Lipinski definition) is 3. The summed E-state index contributed by atoms with van der Waals surface area (Å²) in [5.41, 5.74) is 0.338. The van der Waals surface area contributed by atoms with Crippen LogP contribution in [0.25, 0.3) is 0 Å². The van der Waals surface area contributed by atoms with Gasteiger partial charge in [-0.2, -0.15) is 5.10 Å². The number of aromatic nitrogens is 4. The minimum absolute atomic E-state index is 0.0990. The van der Waals surface area contributed by atoms with Crippen molar-refractivity contribution in [3.8, 4) is 0 Å². The lowest BCUT2D eigenvalue weighted by atomic mass is 10.0. The van der Waals surface area contributed by atoms with Gasteiger partial charge < -0.3 is 15.4 Å². The SMILES string of the molecule is Cn1c(Nc2cc([C@H]3CC[C@@H](OC(=O)NC(C)(C)C)C3)[nH]n2)ccnc1=O. The van der Waals surface area contributed by atoms with Crippen molar-refractivity contribution in [2.45, 2.75) is 57.6 Å². The van der Waals surface area contributed by atoms with Crippen molar-refractivity contribution in [2.24, 2.45) is 7.05 Å². The van der Waals surface area contributed by atoms with Gasteiger partial charge in [-0.1, -0.05) is 0 Å². The van der Waals surface area contributed by atoms with Gasteiger partial charge in [0.1, 0.15) is 11.9 Å². The number of alkyl carbamates (subject to hydrolysis) is 1. The van der Waals surface area contributed by atoms with Gasteiger partial charge >= 0.3 is 11.8 Å². The Hall–Kier alpha value is -2.84. The molecule has 9 nitrogen and oxygen atoms in total. The van der Waals surface area contributed by atoms with Gasteiger partial charge in [-0.25, -0.2) is 14.6 Å². The van der Waals surface area contributed by atoms with Gasteiger partial charge in [0, 0.05) is 36.5 Å². The van der Waals surface area contributed by atoms with Crippen molar-refractivity contribution in [2.75, 3.05) is 5.32 Å². The Kier molecular flexibility index (Phi) is 5.20. The summed E-state index contributed by atoms with van der Waals surface area (Å²) < 4.78 is 6.94. The fourth-order valence-electron chi connectivity index (χ4n) is 3.16. The van der Waals surface area contributed by atoms with E-state index in [2.05, 4.69) is 25.8 Å². The van der Waals surface area contributed by atoms with Crippen LogP contribution in [0.15, 0.2) is 23.1 Å². The third-order valence-corrected chi connectivity index (χ3v) is 4.49. The zero-order chi connectivity index (χ0) is 19.6. The molecule has 1 aliphatic rings. The lowest BCUT2D eigenvalue weighted by Gasteiger charge is -2.22. The minimum Gasteiger partial charge on any atom is -0.446 e. The number of anilines is 2. The highest BCUT2D eigenvalue weighted by molar-refractivity contribution is 5.68. The normalized spacial score (nSPS) is 19.7. The van der Waals surface area contributed by atoms with Crippen molar-refractivity contribution in [1.29, 1.82) is 0 Å². The number of ether oxygens (including phenoxy) is 1. The second kappa shape index (κ2) is 7.42. The van der Waals surface area contributed by atoms with Crippen molar-refractivity contribution >= 4 is 17.7 Å². The molecule has 1 saturated carbocycles. The van der Waals surface area contributed by atoms with Crippen LogP contribution in [0.2, 0.25) is 0 Å². The molecular formula is C18H26N6O3. The number of aromatic amines is 1. The van der Waals surface area contributed by atoms with Crippen LogP contribution in [0.4, 0.5) is 16.4 Å². The van der Waals surface area contributed by atoms with Gasteiger partial charge in [-0.05, 0) is 46.1 Å². The molecule has 1 amide bonds. The highest BCUT2D eigenvalue weighted by atomic mass is 16.6. The van der Waals surface area contributed by atoms with Crippen molar-refractivity contribution in [1.82, 2.24) is 25.1 Å². The Morgan fingerprint density at radius 3 is 2.89 bits per heavy atom. The summed E-state index contributed by atoms with van der Waals surface area (Å²) in [7, 11) is 1.65. The van der Waals surface area contributed by atoms with E-state index in [1.807, 2.05) is 26.8 Å². The maximum absolute atomic E-state index is 11.9. The van der Waals surface area contributed by atoms with Gasteiger partial charge in [0.15, 0.2) is 5.82 Å². The Labute approximate surface area is 157 Å². The van der Waals surface area contributed by atoms with Crippen molar-refractivity contribution in [3.05, 3.63) is 34.5 Å². The molecule has 2 aromatic rings. The van der Waals surface area contributed by atoms with E-state index < -0.39 is 0 Å². The van der Waals surface area contributed by atoms with E-state index in [-0.39, 0.29) is 29.3 Å². The van der Waals surface area contributed by atoms with Crippen LogP contribution in [0.3, 0.4) is 0 Å². The summed E-state index contributed by atoms with van der Waals surface area (Å²) in [5, 5.41) is 13.2. The van der Waals surface area contributed by atoms with Gasteiger partial charge in [0.2, 0.25) is 0 Å². The van der Waals surface area contributed by atoms with E-state index in [1.165, 1.54) is 10.8 Å². The molecule has 146 valence electrons. The molecule has 3 N–H and O–H groups in total. The maximum Gasteiger partial charge on any atom is 0.407 e. The molecule has 0 unspecified atom stereocenters. The van der Waals surface area contributed by atoms with E-state index in [0.717, 1.165) is 25.0 Å². The third-order valence-electron chi connectivity index (χ3n) is 4.49. The molecule has 2 heterocycles. The highest BCUT2D eigenvalue weighted by Gasteiger charge is 2.30. The Balaban J connectivity index is 1.58. The number of carbonyl (C=O) groups excluding carboxylic acids is 1. The monoisotopic (exact) mass is 374 g/mol. The Morgan fingerprint density at radius 1 is 1.37 bits per heavy atom. The number of nitrogens with zero attached hydrogens (tertiary/aromatic N) is 3. The van der Waals surface area contributed by atoms with E-state index in [1.54, 1.807) is 13.1 Å². The number of rotatable bonds is 4. The first-order valence-corrected chi connectivity index (χ1v) is 9.04. The summed E-state index contributed by atoms with van der Waals surface area (Å²) in [6.45, 7) is 5.76. The van der Waals surface area contributed by atoms with E-state index in [0.29, 0.717) is 11.6 Å². The zero-order valence-corrected chi connectivity index (χ0v) is 16.1. The minimum atomic E-state index is -0.376. The fourth-order valence-corrected chi connectivity index (χ4v) is 3.16. The summed E-state index contributed by atoms with van der Waals surface area (Å²) in [6, 6.07) is 3.64. The van der Waals surface area contributed by atoms with Crippen LogP contribution >= 0.6 is 0 Å². The molecule has 0 bridgehead atoms. The molecule has 9 heteroatoms. The molecule has 1 aliphatic carbocycles. The molecule has 0 aromatic carbocycles. The van der Waals surface area contributed by atoms with Crippen molar-refractivity contribution < 1.29 is 9.53 Å². The van der Waals surface area contributed by atoms with Crippen LogP contribution in [0.5, 0.6) is 0 Å². The zero-order valence-electron chi connectivity index (χ0n) is 16.1. The molecule has 0 radical (unpaired) electrons. The lowest BCUT2D eigenvalue weighted by molar-refractivity contribution is 0.0937. The number of hydrogen-bond acceptors (Lipinski definition) is 6. The predicted molar refractivity (Wildman–Crippen MR) is 101 cm³/mol. The molecule has 3 rings (SSSR count). The summed E-state index contributed by atoms with van der Waals surface area (Å²) in [4.78, 5) is 27.2. The van der Waals surface area contributed by atoms with Crippen LogP contribution in [-0.2, 0) is 11.8 Å². The van der Waals surface area contributed by atoms with E-state index >= 15 is 0 Å². The molecule has 2 aromatic heterocycles. The standard InChI is InChI=1S/C18H26N6O3/c1-18(2,3)21-17(26)27-12-6-5-11(9-12)13-10-14(23-22-13)20-15-7-8-19-16(25)24(15)4/h7-8,10-12H,5-6,9H2,1-4H3,(H,21,26)(H2,20,22,23)/t11-,12+/m0/s1. The molecule has 0 aliphatic heterocycles. The smallest absolute Gasteiger partial charge is 0.407 e.